The number of benzene rings is 2. The SMILES string of the molecule is O=C(c1ccc(N2Cc3c(ccnc3-c3ccccc3OCC(F)(F)F)C2=O)cc1)C1CC1. The molecular weight excluding hydrogens is 433 g/mol. The number of pyridine rings is 1. The van der Waals surface area contributed by atoms with Crippen LogP contribution < -0.4 is 9.64 Å². The van der Waals surface area contributed by atoms with Crippen molar-refractivity contribution in [3.8, 4) is 17.0 Å². The van der Waals surface area contributed by atoms with E-state index in [9.17, 15) is 22.8 Å². The second kappa shape index (κ2) is 8.03. The summed E-state index contributed by atoms with van der Waals surface area (Å²) in [6.45, 7) is -1.21. The van der Waals surface area contributed by atoms with E-state index in [0.29, 0.717) is 33.6 Å². The van der Waals surface area contributed by atoms with E-state index in [1.54, 1.807) is 53.4 Å². The molecule has 0 bridgehead atoms. The van der Waals surface area contributed by atoms with Crippen LogP contribution in [0.3, 0.4) is 0 Å². The summed E-state index contributed by atoms with van der Waals surface area (Å²) in [7, 11) is 0. The van der Waals surface area contributed by atoms with Gasteiger partial charge in [0.2, 0.25) is 0 Å². The third-order valence-electron chi connectivity index (χ3n) is 5.79. The van der Waals surface area contributed by atoms with Crippen molar-refractivity contribution in [2.24, 2.45) is 5.92 Å². The Kier molecular flexibility index (Phi) is 5.15. The Labute approximate surface area is 187 Å². The van der Waals surface area contributed by atoms with Gasteiger partial charge in [0.15, 0.2) is 12.4 Å². The molecule has 1 aliphatic carbocycles. The first-order valence-electron chi connectivity index (χ1n) is 10.5. The first-order chi connectivity index (χ1) is 15.8. The van der Waals surface area contributed by atoms with Crippen LogP contribution in [0.4, 0.5) is 18.9 Å². The summed E-state index contributed by atoms with van der Waals surface area (Å²) in [5.74, 6) is 0.0505. The number of anilines is 1. The Morgan fingerprint density at radius 2 is 1.76 bits per heavy atom. The molecule has 1 aromatic heterocycles. The number of carbonyl (C=O) groups excluding carboxylic acids is 2. The zero-order valence-electron chi connectivity index (χ0n) is 17.4. The fraction of sp³-hybridized carbons (Fsp3) is 0.240. The van der Waals surface area contributed by atoms with E-state index in [-0.39, 0.29) is 29.9 Å². The maximum absolute atomic E-state index is 13.1. The molecular formula is C25H19F3N2O3. The van der Waals surface area contributed by atoms with Crippen molar-refractivity contribution < 1.29 is 27.5 Å². The fourth-order valence-corrected chi connectivity index (χ4v) is 4.00. The van der Waals surface area contributed by atoms with Crippen LogP contribution in [0.5, 0.6) is 5.75 Å². The van der Waals surface area contributed by atoms with Crippen LogP contribution >= 0.6 is 0 Å². The van der Waals surface area contributed by atoms with Gasteiger partial charge in [0.1, 0.15) is 5.75 Å². The quantitative estimate of drug-likeness (QED) is 0.467. The number of rotatable bonds is 6. The topological polar surface area (TPSA) is 59.5 Å². The number of nitrogens with zero attached hydrogens (tertiary/aromatic N) is 2. The van der Waals surface area contributed by atoms with Crippen LogP contribution in [-0.2, 0) is 6.54 Å². The van der Waals surface area contributed by atoms with Gasteiger partial charge in [0.05, 0.1) is 12.2 Å². The minimum Gasteiger partial charge on any atom is -0.483 e. The first-order valence-corrected chi connectivity index (χ1v) is 10.5. The van der Waals surface area contributed by atoms with Gasteiger partial charge in [-0.05, 0) is 55.3 Å². The maximum atomic E-state index is 13.1. The number of ether oxygens (including phenoxy) is 1. The number of hydrogen-bond acceptors (Lipinski definition) is 4. The molecule has 2 aromatic carbocycles. The van der Waals surface area contributed by atoms with E-state index >= 15 is 0 Å². The molecule has 0 spiro atoms. The Morgan fingerprint density at radius 1 is 1.03 bits per heavy atom. The summed E-state index contributed by atoms with van der Waals surface area (Å²) in [5, 5.41) is 0. The molecule has 0 saturated heterocycles. The lowest BCUT2D eigenvalue weighted by molar-refractivity contribution is -0.153. The van der Waals surface area contributed by atoms with Crippen LogP contribution in [-0.4, -0.2) is 29.5 Å². The number of fused-ring (bicyclic) bond motifs is 1. The van der Waals surface area contributed by atoms with Crippen molar-refractivity contribution >= 4 is 17.4 Å². The van der Waals surface area contributed by atoms with E-state index in [0.717, 1.165) is 12.8 Å². The van der Waals surface area contributed by atoms with Gasteiger partial charge in [-0.1, -0.05) is 12.1 Å². The molecule has 1 amide bonds. The molecule has 1 aliphatic heterocycles. The molecule has 33 heavy (non-hydrogen) atoms. The minimum atomic E-state index is -4.47. The highest BCUT2D eigenvalue weighted by Crippen LogP contribution is 2.38. The van der Waals surface area contributed by atoms with Crippen LogP contribution in [0, 0.1) is 5.92 Å². The Balaban J connectivity index is 1.45. The van der Waals surface area contributed by atoms with Crippen LogP contribution in [0.2, 0.25) is 0 Å². The number of alkyl halides is 3. The maximum Gasteiger partial charge on any atom is 0.422 e. The molecule has 0 N–H and O–H groups in total. The van der Waals surface area contributed by atoms with Crippen molar-refractivity contribution in [1.29, 1.82) is 0 Å². The highest BCUT2D eigenvalue weighted by molar-refractivity contribution is 6.11. The minimum absolute atomic E-state index is 0.0459. The van der Waals surface area contributed by atoms with E-state index in [1.165, 1.54) is 12.3 Å². The Morgan fingerprint density at radius 3 is 2.45 bits per heavy atom. The lowest BCUT2D eigenvalue weighted by atomic mass is 10.0. The standard InChI is InChI=1S/C25H19F3N2O3/c26-25(27,28)14-33-21-4-2-1-3-19(21)22-20-13-30(24(32)18(20)11-12-29-22)17-9-7-16(8-10-17)23(31)15-5-6-15/h1-4,7-12,15H,5-6,13-14H2. The van der Waals surface area contributed by atoms with E-state index < -0.39 is 12.8 Å². The van der Waals surface area contributed by atoms with Gasteiger partial charge in [0, 0.05) is 40.1 Å². The third kappa shape index (κ3) is 4.20. The fourth-order valence-electron chi connectivity index (χ4n) is 4.00. The number of hydrogen-bond donors (Lipinski definition) is 0. The van der Waals surface area contributed by atoms with Crippen LogP contribution in [0.25, 0.3) is 11.3 Å². The number of para-hydroxylation sites is 1. The molecule has 0 atom stereocenters. The van der Waals surface area contributed by atoms with Gasteiger partial charge in [0.25, 0.3) is 5.91 Å². The normalized spacial score (nSPS) is 15.5. The zero-order valence-corrected chi connectivity index (χ0v) is 17.4. The lowest BCUT2D eigenvalue weighted by Crippen LogP contribution is -2.23. The highest BCUT2D eigenvalue weighted by Gasteiger charge is 2.34. The molecule has 0 unspecified atom stereocenters. The van der Waals surface area contributed by atoms with E-state index in [1.807, 2.05) is 0 Å². The van der Waals surface area contributed by atoms with E-state index in [2.05, 4.69) is 4.98 Å². The highest BCUT2D eigenvalue weighted by atomic mass is 19.4. The number of Topliss-reactive ketones (excluding diaryl/α,β-unsaturated/α-hetero) is 1. The van der Waals surface area contributed by atoms with Crippen LogP contribution in [0.15, 0.2) is 60.8 Å². The van der Waals surface area contributed by atoms with Gasteiger partial charge >= 0.3 is 6.18 Å². The molecule has 168 valence electrons. The van der Waals surface area contributed by atoms with Crippen molar-refractivity contribution in [3.05, 3.63) is 77.5 Å². The summed E-state index contributed by atoms with van der Waals surface area (Å²) < 4.78 is 43.1. The predicted molar refractivity (Wildman–Crippen MR) is 115 cm³/mol. The molecule has 1 fully saturated rings. The van der Waals surface area contributed by atoms with Crippen molar-refractivity contribution in [2.45, 2.75) is 25.6 Å². The smallest absolute Gasteiger partial charge is 0.422 e. The molecule has 2 heterocycles. The third-order valence-corrected chi connectivity index (χ3v) is 5.79. The largest absolute Gasteiger partial charge is 0.483 e. The molecule has 5 rings (SSSR count). The molecule has 5 nitrogen and oxygen atoms in total. The molecule has 8 heteroatoms. The van der Waals surface area contributed by atoms with Crippen molar-refractivity contribution in [1.82, 2.24) is 4.98 Å². The summed E-state index contributed by atoms with van der Waals surface area (Å²) >= 11 is 0. The molecule has 0 radical (unpaired) electrons. The van der Waals surface area contributed by atoms with Gasteiger partial charge in [-0.15, -0.1) is 0 Å². The predicted octanol–water partition coefficient (Wildman–Crippen LogP) is 5.44. The second-order valence-corrected chi connectivity index (χ2v) is 8.16. The lowest BCUT2D eigenvalue weighted by Gasteiger charge is -2.17. The zero-order chi connectivity index (χ0) is 23.2. The van der Waals surface area contributed by atoms with Crippen LogP contribution in [0.1, 0.15) is 39.1 Å². The molecule has 1 saturated carbocycles. The second-order valence-electron chi connectivity index (χ2n) is 8.16. The average molecular weight is 452 g/mol. The Bertz CT molecular complexity index is 1230. The van der Waals surface area contributed by atoms with E-state index in [4.69, 9.17) is 4.74 Å². The van der Waals surface area contributed by atoms with Gasteiger partial charge in [-0.25, -0.2) is 0 Å². The Hall–Kier alpha value is -3.68. The molecule has 2 aliphatic rings. The number of carbonyl (C=O) groups is 2. The number of aromatic nitrogens is 1. The summed E-state index contributed by atoms with van der Waals surface area (Å²) in [4.78, 5) is 31.3. The van der Waals surface area contributed by atoms with Crippen molar-refractivity contribution in [3.63, 3.8) is 0 Å². The first kappa shape index (κ1) is 21.2. The molecule has 3 aromatic rings. The number of halogens is 3. The number of ketones is 1. The summed E-state index contributed by atoms with van der Waals surface area (Å²) in [6.07, 6.45) is -1.17. The van der Waals surface area contributed by atoms with Gasteiger partial charge in [-0.2, -0.15) is 13.2 Å². The van der Waals surface area contributed by atoms with Gasteiger partial charge in [-0.3, -0.25) is 14.6 Å². The summed E-state index contributed by atoms with van der Waals surface area (Å²) in [6, 6.07) is 14.9. The average Bonchev–Trinajstić information content (AvgIpc) is 3.60. The van der Waals surface area contributed by atoms with Crippen molar-refractivity contribution in [2.75, 3.05) is 11.5 Å². The number of amides is 1. The monoisotopic (exact) mass is 452 g/mol. The van der Waals surface area contributed by atoms with Gasteiger partial charge < -0.3 is 9.64 Å². The summed E-state index contributed by atoms with van der Waals surface area (Å²) in [5.41, 5.74) is 3.10.